The van der Waals surface area contributed by atoms with Crippen LogP contribution in [0.4, 0.5) is 0 Å². The van der Waals surface area contributed by atoms with Crippen LogP contribution in [0.1, 0.15) is 33.6 Å². The van der Waals surface area contributed by atoms with Gasteiger partial charge in [0.2, 0.25) is 0 Å². The molecule has 0 rings (SSSR count). The number of hydrogen-bond acceptors (Lipinski definition) is 4. The van der Waals surface area contributed by atoms with Crippen LogP contribution in [0.5, 0.6) is 0 Å². The van der Waals surface area contributed by atoms with Crippen molar-refractivity contribution >= 4 is 8.80 Å². The van der Waals surface area contributed by atoms with E-state index < -0.39 is 8.80 Å². The predicted octanol–water partition coefficient (Wildman–Crippen LogP) is 0.677. The molecule has 3 N–H and O–H groups in total. The average Bonchev–Trinajstić information content (AvgIpc) is 2.19. The zero-order chi connectivity index (χ0) is 10.9. The minimum absolute atomic E-state index is 0.823. The Labute approximate surface area is 89.2 Å². The fraction of sp³-hybridized carbons (Fsp3) is 1.00. The summed E-state index contributed by atoms with van der Waals surface area (Å²) in [6.45, 7) is 9.04. The van der Waals surface area contributed by atoms with Crippen molar-refractivity contribution < 1.29 is 4.43 Å². The molecule has 0 saturated carbocycles. The van der Waals surface area contributed by atoms with E-state index in [2.05, 4.69) is 35.7 Å². The summed E-state index contributed by atoms with van der Waals surface area (Å²) in [7, 11) is -0.109. The standard InChI is InChI=1S/C9H25N3OSi/c1-5-8-9-13-14(10-4,11-6-2)12-7-3/h10-12H,5-9H2,1-4H3. The molecule has 0 fully saturated rings. The second kappa shape index (κ2) is 8.37. The highest BCUT2D eigenvalue weighted by atomic mass is 28.4. The van der Waals surface area contributed by atoms with Crippen LogP contribution in [0.15, 0.2) is 0 Å². The van der Waals surface area contributed by atoms with Crippen LogP contribution in [0.25, 0.3) is 0 Å². The van der Waals surface area contributed by atoms with Crippen LogP contribution < -0.4 is 14.9 Å². The quantitative estimate of drug-likeness (QED) is 0.394. The van der Waals surface area contributed by atoms with Crippen LogP contribution in [0.3, 0.4) is 0 Å². The van der Waals surface area contributed by atoms with Crippen LogP contribution in [0.2, 0.25) is 0 Å². The van der Waals surface area contributed by atoms with E-state index in [1.54, 1.807) is 0 Å². The van der Waals surface area contributed by atoms with Crippen molar-refractivity contribution in [2.24, 2.45) is 0 Å². The maximum Gasteiger partial charge on any atom is 0.439 e. The molecule has 0 aromatic carbocycles. The van der Waals surface area contributed by atoms with Gasteiger partial charge in [-0.25, -0.2) is 0 Å². The molecule has 0 radical (unpaired) electrons. The highest BCUT2D eigenvalue weighted by molar-refractivity contribution is 6.66. The first-order valence-electron chi connectivity index (χ1n) is 5.57. The summed E-state index contributed by atoms with van der Waals surface area (Å²) in [6.07, 6.45) is 2.29. The molecular weight excluding hydrogens is 194 g/mol. The number of nitrogens with one attached hydrogen (secondary N) is 3. The van der Waals surface area contributed by atoms with Crippen molar-refractivity contribution in [3.63, 3.8) is 0 Å². The smallest absolute Gasteiger partial charge is 0.380 e. The second-order valence-corrected chi connectivity index (χ2v) is 6.05. The highest BCUT2D eigenvalue weighted by Gasteiger charge is 2.33. The van der Waals surface area contributed by atoms with Gasteiger partial charge in [-0.1, -0.05) is 27.2 Å². The molecule has 0 aromatic rings. The van der Waals surface area contributed by atoms with Crippen molar-refractivity contribution in [2.75, 3.05) is 26.7 Å². The van der Waals surface area contributed by atoms with Crippen molar-refractivity contribution in [3.8, 4) is 0 Å². The molecule has 0 atom stereocenters. The molecule has 0 saturated heterocycles. The predicted molar refractivity (Wildman–Crippen MR) is 63.0 cm³/mol. The monoisotopic (exact) mass is 219 g/mol. The Kier molecular flexibility index (Phi) is 8.41. The fourth-order valence-corrected chi connectivity index (χ4v) is 3.55. The Hall–Kier alpha value is 0.0569. The van der Waals surface area contributed by atoms with E-state index >= 15 is 0 Å². The molecule has 0 aliphatic carbocycles. The summed E-state index contributed by atoms with van der Waals surface area (Å²) in [5.74, 6) is 0. The van der Waals surface area contributed by atoms with Gasteiger partial charge < -0.3 is 4.43 Å². The number of unbranched alkanes of at least 4 members (excludes halogenated alkanes) is 1. The second-order valence-electron chi connectivity index (χ2n) is 3.19. The zero-order valence-corrected chi connectivity index (χ0v) is 10.9. The molecule has 4 nitrogen and oxygen atoms in total. The topological polar surface area (TPSA) is 45.3 Å². The van der Waals surface area contributed by atoms with Gasteiger partial charge in [-0.2, -0.15) is 0 Å². The maximum absolute atomic E-state index is 5.91. The molecular formula is C9H25N3OSi. The molecule has 86 valence electrons. The largest absolute Gasteiger partial charge is 0.439 e. The first-order valence-corrected chi connectivity index (χ1v) is 7.48. The van der Waals surface area contributed by atoms with Gasteiger partial charge >= 0.3 is 8.80 Å². The lowest BCUT2D eigenvalue weighted by Gasteiger charge is -2.30. The van der Waals surface area contributed by atoms with E-state index in [-0.39, 0.29) is 0 Å². The third-order valence-electron chi connectivity index (χ3n) is 2.02. The SMILES string of the molecule is CCCCO[Si](NC)(NCC)NCC. The van der Waals surface area contributed by atoms with E-state index in [9.17, 15) is 0 Å². The minimum Gasteiger partial charge on any atom is -0.380 e. The molecule has 5 heteroatoms. The molecule has 0 aliphatic rings. The van der Waals surface area contributed by atoms with Gasteiger partial charge in [0.05, 0.1) is 0 Å². The van der Waals surface area contributed by atoms with Crippen LogP contribution in [-0.2, 0) is 4.43 Å². The number of hydrogen-bond donors (Lipinski definition) is 3. The molecule has 0 aromatic heterocycles. The molecule has 0 unspecified atom stereocenters. The van der Waals surface area contributed by atoms with Crippen LogP contribution in [-0.4, -0.2) is 35.5 Å². The molecule has 0 heterocycles. The molecule has 14 heavy (non-hydrogen) atoms. The zero-order valence-electron chi connectivity index (χ0n) is 9.94. The van der Waals surface area contributed by atoms with E-state index in [1.165, 1.54) is 6.42 Å². The van der Waals surface area contributed by atoms with Gasteiger partial charge in [-0.3, -0.25) is 14.9 Å². The van der Waals surface area contributed by atoms with Gasteiger partial charge in [0.1, 0.15) is 0 Å². The van der Waals surface area contributed by atoms with Crippen molar-refractivity contribution in [1.29, 1.82) is 0 Å². The van der Waals surface area contributed by atoms with Crippen LogP contribution >= 0.6 is 0 Å². The first-order chi connectivity index (χ1) is 6.74. The van der Waals surface area contributed by atoms with Gasteiger partial charge in [-0.15, -0.1) is 0 Å². The van der Waals surface area contributed by atoms with Crippen molar-refractivity contribution in [1.82, 2.24) is 14.9 Å². The molecule has 0 aliphatic heterocycles. The van der Waals surface area contributed by atoms with Crippen molar-refractivity contribution in [2.45, 2.75) is 33.6 Å². The van der Waals surface area contributed by atoms with E-state index in [1.807, 2.05) is 7.05 Å². The lowest BCUT2D eigenvalue weighted by molar-refractivity contribution is 0.265. The summed E-state index contributed by atoms with van der Waals surface area (Å²) in [4.78, 5) is 10.1. The Morgan fingerprint density at radius 1 is 1.07 bits per heavy atom. The number of rotatable bonds is 9. The van der Waals surface area contributed by atoms with Gasteiger partial charge in [0, 0.05) is 6.61 Å². The summed E-state index contributed by atoms with van der Waals surface area (Å²) in [6, 6.07) is 0. The average molecular weight is 219 g/mol. The van der Waals surface area contributed by atoms with Crippen molar-refractivity contribution in [3.05, 3.63) is 0 Å². The maximum atomic E-state index is 5.91. The Bertz CT molecular complexity index is 129. The summed E-state index contributed by atoms with van der Waals surface area (Å²) in [5, 5.41) is 0. The molecule has 0 amide bonds. The minimum atomic E-state index is -2.06. The van der Waals surface area contributed by atoms with Gasteiger partial charge in [0.25, 0.3) is 0 Å². The summed E-state index contributed by atoms with van der Waals surface area (Å²) < 4.78 is 5.91. The lowest BCUT2D eigenvalue weighted by atomic mass is 10.4. The highest BCUT2D eigenvalue weighted by Crippen LogP contribution is 1.95. The normalized spacial score (nSPS) is 12.0. The third kappa shape index (κ3) is 5.07. The fourth-order valence-electron chi connectivity index (χ4n) is 1.28. The Morgan fingerprint density at radius 2 is 1.64 bits per heavy atom. The van der Waals surface area contributed by atoms with Gasteiger partial charge in [0.15, 0.2) is 0 Å². The third-order valence-corrected chi connectivity index (χ3v) is 5.06. The van der Waals surface area contributed by atoms with Crippen LogP contribution in [0, 0.1) is 0 Å². The Balaban J connectivity index is 4.03. The summed E-state index contributed by atoms with van der Waals surface area (Å²) in [5.41, 5.74) is 0. The molecule has 0 spiro atoms. The van der Waals surface area contributed by atoms with Gasteiger partial charge in [-0.05, 0) is 26.6 Å². The Morgan fingerprint density at radius 3 is 2.00 bits per heavy atom. The lowest BCUT2D eigenvalue weighted by Crippen LogP contribution is -2.73. The van der Waals surface area contributed by atoms with E-state index in [0.29, 0.717) is 0 Å². The van der Waals surface area contributed by atoms with E-state index in [4.69, 9.17) is 4.43 Å². The summed E-state index contributed by atoms with van der Waals surface area (Å²) >= 11 is 0. The van der Waals surface area contributed by atoms with E-state index in [0.717, 1.165) is 26.1 Å². The first kappa shape index (κ1) is 14.1. The molecule has 0 bridgehead atoms.